The third-order valence-electron chi connectivity index (χ3n) is 2.29. The van der Waals surface area contributed by atoms with Crippen molar-refractivity contribution in [3.63, 3.8) is 0 Å². The van der Waals surface area contributed by atoms with Crippen molar-refractivity contribution in [3.8, 4) is 0 Å². The van der Waals surface area contributed by atoms with Gasteiger partial charge >= 0.3 is 5.97 Å². The fourth-order valence-corrected chi connectivity index (χ4v) is 2.31. The monoisotopic (exact) mass is 252 g/mol. The molecule has 5 nitrogen and oxygen atoms in total. The maximum absolute atomic E-state index is 10.9. The van der Waals surface area contributed by atoms with Crippen molar-refractivity contribution >= 4 is 22.4 Å². The number of aryl methyl sites for hydroxylation is 1. The Hall–Kier alpha value is -1.82. The molecule has 6 heteroatoms. The van der Waals surface area contributed by atoms with Crippen LogP contribution >= 0.6 is 11.3 Å². The topological polar surface area (TPSA) is 66.6 Å². The fraction of sp³-hybridized carbons (Fsp3) is 0.273. The SMILES string of the molecule is Cc1sc(N(C)Cc2ccco2)nc1C(=O)O. The highest BCUT2D eigenvalue weighted by atomic mass is 32.1. The number of rotatable bonds is 4. The van der Waals surface area contributed by atoms with Gasteiger partial charge in [0.15, 0.2) is 10.8 Å². The number of thiazole rings is 1. The van der Waals surface area contributed by atoms with E-state index in [2.05, 4.69) is 4.98 Å². The Morgan fingerprint density at radius 2 is 2.41 bits per heavy atom. The van der Waals surface area contributed by atoms with Gasteiger partial charge < -0.3 is 14.4 Å². The lowest BCUT2D eigenvalue weighted by molar-refractivity contribution is 0.0690. The molecule has 2 heterocycles. The second-order valence-electron chi connectivity index (χ2n) is 3.64. The number of carboxylic acid groups (broad SMARTS) is 1. The molecular formula is C11H12N2O3S. The summed E-state index contributed by atoms with van der Waals surface area (Å²) in [5.74, 6) is -0.173. The Bertz CT molecular complexity index is 519. The van der Waals surface area contributed by atoms with E-state index in [4.69, 9.17) is 9.52 Å². The Balaban J connectivity index is 2.17. The molecule has 2 rings (SSSR count). The van der Waals surface area contributed by atoms with Crippen LogP contribution in [-0.4, -0.2) is 23.1 Å². The van der Waals surface area contributed by atoms with Gasteiger partial charge in [0, 0.05) is 11.9 Å². The number of carbonyl (C=O) groups is 1. The second-order valence-corrected chi connectivity index (χ2v) is 4.82. The summed E-state index contributed by atoms with van der Waals surface area (Å²) in [7, 11) is 1.85. The van der Waals surface area contributed by atoms with Crippen LogP contribution in [-0.2, 0) is 6.54 Å². The van der Waals surface area contributed by atoms with Crippen LogP contribution in [0, 0.1) is 6.92 Å². The average molecular weight is 252 g/mol. The first-order valence-electron chi connectivity index (χ1n) is 5.02. The zero-order valence-electron chi connectivity index (χ0n) is 9.51. The van der Waals surface area contributed by atoms with Gasteiger partial charge in [0.1, 0.15) is 5.76 Å². The van der Waals surface area contributed by atoms with Gasteiger partial charge in [-0.1, -0.05) is 0 Å². The molecule has 0 aromatic carbocycles. The van der Waals surface area contributed by atoms with Gasteiger partial charge in [-0.3, -0.25) is 0 Å². The molecule has 0 unspecified atom stereocenters. The number of aromatic nitrogens is 1. The molecule has 0 radical (unpaired) electrons. The molecule has 0 saturated carbocycles. The van der Waals surface area contributed by atoms with E-state index in [-0.39, 0.29) is 5.69 Å². The first kappa shape index (κ1) is 11.7. The highest BCUT2D eigenvalue weighted by molar-refractivity contribution is 7.15. The third kappa shape index (κ3) is 2.47. The third-order valence-corrected chi connectivity index (χ3v) is 3.37. The average Bonchev–Trinajstić information content (AvgIpc) is 2.86. The zero-order valence-corrected chi connectivity index (χ0v) is 10.3. The van der Waals surface area contributed by atoms with Crippen LogP contribution in [0.1, 0.15) is 21.1 Å². The number of hydrogen-bond donors (Lipinski definition) is 1. The van der Waals surface area contributed by atoms with Crippen molar-refractivity contribution in [2.75, 3.05) is 11.9 Å². The molecule has 0 aliphatic carbocycles. The summed E-state index contributed by atoms with van der Waals surface area (Å²) >= 11 is 1.36. The molecule has 0 atom stereocenters. The minimum absolute atomic E-state index is 0.122. The van der Waals surface area contributed by atoms with E-state index in [1.54, 1.807) is 13.2 Å². The first-order chi connectivity index (χ1) is 8.08. The minimum Gasteiger partial charge on any atom is -0.476 e. The van der Waals surface area contributed by atoms with Crippen LogP contribution in [0.4, 0.5) is 5.13 Å². The van der Waals surface area contributed by atoms with Gasteiger partial charge in [-0.05, 0) is 19.1 Å². The number of aromatic carboxylic acids is 1. The van der Waals surface area contributed by atoms with Gasteiger partial charge in [0.05, 0.1) is 12.8 Å². The summed E-state index contributed by atoms with van der Waals surface area (Å²) in [5, 5.41) is 9.60. The molecule has 0 aliphatic rings. The molecule has 0 amide bonds. The summed E-state index contributed by atoms with van der Waals surface area (Å²) in [6.45, 7) is 2.32. The van der Waals surface area contributed by atoms with Crippen molar-refractivity contribution in [1.29, 1.82) is 0 Å². The molecular weight excluding hydrogens is 240 g/mol. The Labute approximate surface area is 102 Å². The summed E-state index contributed by atoms with van der Waals surface area (Å²) in [6.07, 6.45) is 1.61. The lowest BCUT2D eigenvalue weighted by Gasteiger charge is -2.13. The Morgan fingerprint density at radius 1 is 1.65 bits per heavy atom. The number of hydrogen-bond acceptors (Lipinski definition) is 5. The van der Waals surface area contributed by atoms with Gasteiger partial charge in [-0.15, -0.1) is 11.3 Å². The van der Waals surface area contributed by atoms with Crippen molar-refractivity contribution in [2.24, 2.45) is 0 Å². The lowest BCUT2D eigenvalue weighted by atomic mass is 10.4. The van der Waals surface area contributed by atoms with E-state index >= 15 is 0 Å². The van der Waals surface area contributed by atoms with Crippen molar-refractivity contribution in [2.45, 2.75) is 13.5 Å². The standard InChI is InChI=1S/C11H12N2O3S/c1-7-9(10(14)15)12-11(17-7)13(2)6-8-4-3-5-16-8/h3-5H,6H2,1-2H3,(H,14,15). The number of nitrogens with zero attached hydrogens (tertiary/aromatic N) is 2. The van der Waals surface area contributed by atoms with Crippen LogP contribution in [0.5, 0.6) is 0 Å². The molecule has 90 valence electrons. The molecule has 1 N–H and O–H groups in total. The number of anilines is 1. The molecule has 0 aliphatic heterocycles. The van der Waals surface area contributed by atoms with Crippen LogP contribution in [0.15, 0.2) is 22.8 Å². The molecule has 2 aromatic heterocycles. The summed E-state index contributed by atoms with van der Waals surface area (Å²) in [6, 6.07) is 3.69. The molecule has 17 heavy (non-hydrogen) atoms. The molecule has 2 aromatic rings. The minimum atomic E-state index is -0.989. The maximum atomic E-state index is 10.9. The highest BCUT2D eigenvalue weighted by Gasteiger charge is 2.16. The summed E-state index contributed by atoms with van der Waals surface area (Å²) in [4.78, 5) is 17.5. The first-order valence-corrected chi connectivity index (χ1v) is 5.84. The number of furan rings is 1. The van der Waals surface area contributed by atoms with Crippen molar-refractivity contribution in [3.05, 3.63) is 34.7 Å². The van der Waals surface area contributed by atoms with E-state index < -0.39 is 5.97 Å². The van der Waals surface area contributed by atoms with Crippen molar-refractivity contribution < 1.29 is 14.3 Å². The predicted octanol–water partition coefficient (Wildman–Crippen LogP) is 2.38. The van der Waals surface area contributed by atoms with Crippen LogP contribution in [0.2, 0.25) is 0 Å². The molecule has 0 spiro atoms. The van der Waals surface area contributed by atoms with Gasteiger partial charge in [0.2, 0.25) is 0 Å². The van der Waals surface area contributed by atoms with Gasteiger partial charge in [0.25, 0.3) is 0 Å². The zero-order chi connectivity index (χ0) is 12.4. The second kappa shape index (κ2) is 4.58. The Morgan fingerprint density at radius 3 is 2.94 bits per heavy atom. The predicted molar refractivity (Wildman–Crippen MR) is 64.6 cm³/mol. The normalized spacial score (nSPS) is 10.5. The van der Waals surface area contributed by atoms with Crippen LogP contribution in [0.3, 0.4) is 0 Å². The largest absolute Gasteiger partial charge is 0.476 e. The molecule has 0 fully saturated rings. The molecule has 0 bridgehead atoms. The van der Waals surface area contributed by atoms with Crippen LogP contribution in [0.25, 0.3) is 0 Å². The fourth-order valence-electron chi connectivity index (χ4n) is 1.45. The van der Waals surface area contributed by atoms with E-state index in [9.17, 15) is 4.79 Å². The smallest absolute Gasteiger partial charge is 0.355 e. The van der Waals surface area contributed by atoms with E-state index in [1.807, 2.05) is 24.1 Å². The van der Waals surface area contributed by atoms with E-state index in [0.29, 0.717) is 16.6 Å². The van der Waals surface area contributed by atoms with E-state index in [1.165, 1.54) is 11.3 Å². The highest BCUT2D eigenvalue weighted by Crippen LogP contribution is 2.25. The quantitative estimate of drug-likeness (QED) is 0.904. The lowest BCUT2D eigenvalue weighted by Crippen LogP contribution is -2.15. The maximum Gasteiger partial charge on any atom is 0.355 e. The van der Waals surface area contributed by atoms with Gasteiger partial charge in [-0.25, -0.2) is 9.78 Å². The van der Waals surface area contributed by atoms with Crippen LogP contribution < -0.4 is 4.90 Å². The number of carboxylic acids is 1. The van der Waals surface area contributed by atoms with Gasteiger partial charge in [-0.2, -0.15) is 0 Å². The van der Waals surface area contributed by atoms with Crippen molar-refractivity contribution in [1.82, 2.24) is 4.98 Å². The van der Waals surface area contributed by atoms with E-state index in [0.717, 1.165) is 5.76 Å². The summed E-state index contributed by atoms with van der Waals surface area (Å²) in [5.41, 5.74) is 0.122. The Kier molecular flexibility index (Phi) is 3.14. The summed E-state index contributed by atoms with van der Waals surface area (Å²) < 4.78 is 5.23. The molecule has 0 saturated heterocycles.